The lowest BCUT2D eigenvalue weighted by Gasteiger charge is -2.07. The highest BCUT2D eigenvalue weighted by molar-refractivity contribution is 7.98. The van der Waals surface area contributed by atoms with Gasteiger partial charge in [0.05, 0.1) is 18.4 Å². The molecule has 0 bridgehead atoms. The lowest BCUT2D eigenvalue weighted by Crippen LogP contribution is -2.12. The Balaban J connectivity index is 1.85. The molecule has 0 aliphatic heterocycles. The van der Waals surface area contributed by atoms with Crippen molar-refractivity contribution in [1.82, 2.24) is 20.0 Å². The van der Waals surface area contributed by atoms with E-state index in [1.165, 1.54) is 22.7 Å². The molecule has 0 radical (unpaired) electrons. The summed E-state index contributed by atoms with van der Waals surface area (Å²) in [6.45, 7) is 0. The Hall–Kier alpha value is -2.48. The van der Waals surface area contributed by atoms with Gasteiger partial charge in [0.25, 0.3) is 0 Å². The van der Waals surface area contributed by atoms with Crippen molar-refractivity contribution in [2.24, 2.45) is 0 Å². The molecule has 2 heterocycles. The standard InChI is InChI=1S/C13H13N5O2S/c1-19-11-5-3-2-4-10(11)12-15-16-13(18(12)14)21-8-9-6-7-20-17-9/h2-7H,8,14H2,1H3. The van der Waals surface area contributed by atoms with Gasteiger partial charge in [0, 0.05) is 11.8 Å². The summed E-state index contributed by atoms with van der Waals surface area (Å²) in [5.41, 5.74) is 1.62. The van der Waals surface area contributed by atoms with E-state index in [1.54, 1.807) is 13.2 Å². The van der Waals surface area contributed by atoms with Gasteiger partial charge in [-0.15, -0.1) is 10.2 Å². The lowest BCUT2D eigenvalue weighted by atomic mass is 10.2. The third kappa shape index (κ3) is 2.70. The molecule has 2 aromatic heterocycles. The maximum Gasteiger partial charge on any atom is 0.210 e. The van der Waals surface area contributed by atoms with Gasteiger partial charge in [0.1, 0.15) is 12.0 Å². The summed E-state index contributed by atoms with van der Waals surface area (Å²) >= 11 is 1.43. The van der Waals surface area contributed by atoms with Crippen molar-refractivity contribution >= 4 is 11.8 Å². The van der Waals surface area contributed by atoms with Crippen LogP contribution >= 0.6 is 11.8 Å². The van der Waals surface area contributed by atoms with Crippen LogP contribution in [0.25, 0.3) is 11.4 Å². The smallest absolute Gasteiger partial charge is 0.210 e. The second kappa shape index (κ2) is 5.88. The summed E-state index contributed by atoms with van der Waals surface area (Å²) in [6, 6.07) is 9.32. The first kappa shape index (κ1) is 13.5. The van der Waals surface area contributed by atoms with Crippen LogP contribution in [-0.2, 0) is 5.75 Å². The molecule has 0 unspecified atom stereocenters. The minimum absolute atomic E-state index is 0.551. The zero-order valence-electron chi connectivity index (χ0n) is 11.3. The minimum atomic E-state index is 0.551. The number of nitrogens with two attached hydrogens (primary N) is 1. The number of ether oxygens (including phenoxy) is 1. The van der Waals surface area contributed by atoms with Gasteiger partial charge >= 0.3 is 0 Å². The Labute approximate surface area is 125 Å². The average Bonchev–Trinajstić information content (AvgIpc) is 3.15. The molecule has 0 spiro atoms. The quantitative estimate of drug-likeness (QED) is 0.569. The molecule has 2 N–H and O–H groups in total. The molecule has 21 heavy (non-hydrogen) atoms. The van der Waals surface area contributed by atoms with E-state index < -0.39 is 0 Å². The molecule has 0 aliphatic rings. The summed E-state index contributed by atoms with van der Waals surface area (Å²) in [5.74, 6) is 7.93. The number of thioether (sulfide) groups is 1. The number of rotatable bonds is 5. The van der Waals surface area contributed by atoms with E-state index in [1.807, 2.05) is 24.3 Å². The Bertz CT molecular complexity index is 726. The fourth-order valence-corrected chi connectivity index (χ4v) is 2.59. The van der Waals surface area contributed by atoms with Gasteiger partial charge in [-0.3, -0.25) is 0 Å². The van der Waals surface area contributed by atoms with Crippen molar-refractivity contribution < 1.29 is 9.26 Å². The topological polar surface area (TPSA) is 92.0 Å². The average molecular weight is 303 g/mol. The summed E-state index contributed by atoms with van der Waals surface area (Å²) < 4.78 is 11.5. The van der Waals surface area contributed by atoms with Crippen LogP contribution < -0.4 is 10.6 Å². The van der Waals surface area contributed by atoms with Crippen molar-refractivity contribution in [3.8, 4) is 17.1 Å². The van der Waals surface area contributed by atoms with Crippen LogP contribution in [0, 0.1) is 0 Å². The number of nitrogen functional groups attached to an aromatic ring is 1. The van der Waals surface area contributed by atoms with E-state index in [2.05, 4.69) is 15.4 Å². The first-order valence-corrected chi connectivity index (χ1v) is 7.14. The van der Waals surface area contributed by atoms with Crippen LogP contribution in [0.3, 0.4) is 0 Å². The Kier molecular flexibility index (Phi) is 3.78. The molecule has 0 atom stereocenters. The van der Waals surface area contributed by atoms with E-state index in [0.717, 1.165) is 11.3 Å². The number of hydrogen-bond acceptors (Lipinski definition) is 7. The van der Waals surface area contributed by atoms with Gasteiger partial charge in [-0.25, -0.2) is 4.68 Å². The van der Waals surface area contributed by atoms with Crippen molar-refractivity contribution in [2.75, 3.05) is 13.0 Å². The molecule has 8 heteroatoms. The Morgan fingerprint density at radius 2 is 2.14 bits per heavy atom. The predicted molar refractivity (Wildman–Crippen MR) is 78.2 cm³/mol. The third-order valence-corrected chi connectivity index (χ3v) is 3.83. The maximum atomic E-state index is 6.07. The summed E-state index contributed by atoms with van der Waals surface area (Å²) in [4.78, 5) is 0. The monoisotopic (exact) mass is 303 g/mol. The zero-order valence-corrected chi connectivity index (χ0v) is 12.1. The Morgan fingerprint density at radius 1 is 1.29 bits per heavy atom. The van der Waals surface area contributed by atoms with Gasteiger partial charge in [-0.05, 0) is 12.1 Å². The zero-order chi connectivity index (χ0) is 14.7. The molecule has 0 saturated carbocycles. The van der Waals surface area contributed by atoms with E-state index in [0.29, 0.717) is 22.5 Å². The van der Waals surface area contributed by atoms with Crippen molar-refractivity contribution in [1.29, 1.82) is 0 Å². The van der Waals surface area contributed by atoms with Crippen LogP contribution in [0.4, 0.5) is 0 Å². The molecule has 0 saturated heterocycles. The van der Waals surface area contributed by atoms with Crippen LogP contribution in [0.2, 0.25) is 0 Å². The molecule has 108 valence electrons. The molecule has 0 aliphatic carbocycles. The van der Waals surface area contributed by atoms with Crippen molar-refractivity contribution in [3.63, 3.8) is 0 Å². The first-order valence-electron chi connectivity index (χ1n) is 6.15. The predicted octanol–water partition coefficient (Wildman–Crippen LogP) is 1.95. The summed E-state index contributed by atoms with van der Waals surface area (Å²) in [5, 5.41) is 12.7. The van der Waals surface area contributed by atoms with Crippen LogP contribution in [0.15, 0.2) is 46.3 Å². The van der Waals surface area contributed by atoms with Crippen LogP contribution in [0.5, 0.6) is 5.75 Å². The normalized spacial score (nSPS) is 10.7. The molecule has 0 fully saturated rings. The summed E-state index contributed by atoms with van der Waals surface area (Å²) in [7, 11) is 1.61. The van der Waals surface area contributed by atoms with Crippen molar-refractivity contribution in [3.05, 3.63) is 42.3 Å². The van der Waals surface area contributed by atoms with E-state index in [-0.39, 0.29) is 0 Å². The third-order valence-electron chi connectivity index (χ3n) is 2.85. The van der Waals surface area contributed by atoms with E-state index >= 15 is 0 Å². The number of benzene rings is 1. The molecule has 0 amide bonds. The molecular weight excluding hydrogens is 290 g/mol. The van der Waals surface area contributed by atoms with E-state index in [9.17, 15) is 0 Å². The highest BCUT2D eigenvalue weighted by atomic mass is 32.2. The largest absolute Gasteiger partial charge is 0.496 e. The van der Waals surface area contributed by atoms with Crippen LogP contribution in [-0.4, -0.2) is 27.1 Å². The number of methoxy groups -OCH3 is 1. The van der Waals surface area contributed by atoms with Gasteiger partial charge in [-0.2, -0.15) is 0 Å². The molecular formula is C13H13N5O2S. The number of nitrogens with zero attached hydrogens (tertiary/aromatic N) is 4. The highest BCUT2D eigenvalue weighted by Crippen LogP contribution is 2.29. The molecule has 1 aromatic carbocycles. The van der Waals surface area contributed by atoms with Crippen molar-refractivity contribution in [2.45, 2.75) is 10.9 Å². The lowest BCUT2D eigenvalue weighted by molar-refractivity contribution is 0.414. The van der Waals surface area contributed by atoms with Gasteiger partial charge in [-0.1, -0.05) is 29.1 Å². The highest BCUT2D eigenvalue weighted by Gasteiger charge is 2.15. The first-order chi connectivity index (χ1) is 10.3. The van der Waals surface area contributed by atoms with Gasteiger partial charge in [0.2, 0.25) is 5.16 Å². The molecule has 3 rings (SSSR count). The second-order valence-corrected chi connectivity index (χ2v) is 5.10. The minimum Gasteiger partial charge on any atom is -0.496 e. The fraction of sp³-hybridized carbons (Fsp3) is 0.154. The van der Waals surface area contributed by atoms with Crippen LogP contribution in [0.1, 0.15) is 5.69 Å². The Morgan fingerprint density at radius 3 is 2.90 bits per heavy atom. The van der Waals surface area contributed by atoms with Gasteiger partial charge in [0.15, 0.2) is 5.82 Å². The number of aromatic nitrogens is 4. The second-order valence-electron chi connectivity index (χ2n) is 4.16. The van der Waals surface area contributed by atoms with E-state index in [4.69, 9.17) is 15.1 Å². The number of hydrogen-bond donors (Lipinski definition) is 1. The SMILES string of the molecule is COc1ccccc1-c1nnc(SCc2ccon2)n1N. The fourth-order valence-electron chi connectivity index (χ4n) is 1.84. The summed E-state index contributed by atoms with van der Waals surface area (Å²) in [6.07, 6.45) is 1.53. The van der Waals surface area contributed by atoms with Gasteiger partial charge < -0.3 is 15.1 Å². The number of para-hydroxylation sites is 1. The maximum absolute atomic E-state index is 6.07. The molecule has 7 nitrogen and oxygen atoms in total. The molecule has 3 aromatic rings.